The summed E-state index contributed by atoms with van der Waals surface area (Å²) in [4.78, 5) is 12.2. The number of aliphatic hydroxyl groups is 1. The molecular formula is C16H24BNO4S. The second-order valence-electron chi connectivity index (χ2n) is 6.67. The molecule has 1 aliphatic rings. The highest BCUT2D eigenvalue weighted by atomic mass is 32.1. The van der Waals surface area contributed by atoms with E-state index in [4.69, 9.17) is 9.31 Å². The van der Waals surface area contributed by atoms with E-state index in [9.17, 15) is 9.90 Å². The third kappa shape index (κ3) is 4.04. The summed E-state index contributed by atoms with van der Waals surface area (Å²) >= 11 is 1.49. The smallest absolute Gasteiger partial charge is 0.400 e. The standard InChI is InChI=1S/C16H24BNO4S/c1-11(20)18-9-13(8-12-6-7-23-14(12)10-19)17-21-15(2,3)16(4,5)22-17/h6-8,19H,9-10H2,1-5H3,(H,18,20). The highest BCUT2D eigenvalue weighted by Crippen LogP contribution is 2.39. The van der Waals surface area contributed by atoms with Crippen LogP contribution in [0.1, 0.15) is 45.1 Å². The maximum Gasteiger partial charge on any atom is 0.492 e. The molecule has 1 saturated heterocycles. The van der Waals surface area contributed by atoms with Crippen LogP contribution in [-0.4, -0.2) is 35.9 Å². The quantitative estimate of drug-likeness (QED) is 0.810. The molecule has 7 heteroatoms. The van der Waals surface area contributed by atoms with Crippen molar-refractivity contribution in [2.75, 3.05) is 6.54 Å². The van der Waals surface area contributed by atoms with Crippen LogP contribution >= 0.6 is 11.3 Å². The van der Waals surface area contributed by atoms with Crippen molar-refractivity contribution in [1.29, 1.82) is 0 Å². The summed E-state index contributed by atoms with van der Waals surface area (Å²) in [6, 6.07) is 1.94. The fourth-order valence-corrected chi connectivity index (χ4v) is 2.95. The first-order valence-corrected chi connectivity index (χ1v) is 8.52. The minimum Gasteiger partial charge on any atom is -0.400 e. The third-order valence-corrected chi connectivity index (χ3v) is 5.28. The molecule has 2 rings (SSSR count). The number of carbonyl (C=O) groups excluding carboxylic acids is 1. The van der Waals surface area contributed by atoms with Crippen LogP contribution in [0.4, 0.5) is 0 Å². The van der Waals surface area contributed by atoms with E-state index in [0.29, 0.717) is 6.54 Å². The Labute approximate surface area is 141 Å². The van der Waals surface area contributed by atoms with Gasteiger partial charge in [-0.25, -0.2) is 0 Å². The predicted octanol–water partition coefficient (Wildman–Crippen LogP) is 2.39. The average molecular weight is 337 g/mol. The van der Waals surface area contributed by atoms with E-state index in [1.165, 1.54) is 18.3 Å². The minimum atomic E-state index is -0.529. The Morgan fingerprint density at radius 2 is 1.96 bits per heavy atom. The third-order valence-electron chi connectivity index (χ3n) is 4.36. The molecule has 1 aromatic rings. The second kappa shape index (κ2) is 6.77. The van der Waals surface area contributed by atoms with Gasteiger partial charge < -0.3 is 19.7 Å². The van der Waals surface area contributed by atoms with Crippen molar-refractivity contribution in [3.05, 3.63) is 27.4 Å². The lowest BCUT2D eigenvalue weighted by Crippen LogP contribution is -2.41. The van der Waals surface area contributed by atoms with Gasteiger partial charge in [0.05, 0.1) is 17.8 Å². The minimum absolute atomic E-state index is 0.0136. The summed E-state index contributed by atoms with van der Waals surface area (Å²) in [7, 11) is -0.529. The van der Waals surface area contributed by atoms with E-state index < -0.39 is 18.3 Å². The number of carbonyl (C=O) groups is 1. The van der Waals surface area contributed by atoms with Crippen molar-refractivity contribution in [2.45, 2.75) is 52.4 Å². The number of hydrogen-bond donors (Lipinski definition) is 2. The lowest BCUT2D eigenvalue weighted by Gasteiger charge is -2.32. The van der Waals surface area contributed by atoms with Gasteiger partial charge in [-0.15, -0.1) is 11.3 Å². The van der Waals surface area contributed by atoms with Crippen molar-refractivity contribution in [3.63, 3.8) is 0 Å². The zero-order chi connectivity index (χ0) is 17.3. The molecule has 0 aromatic carbocycles. The van der Waals surface area contributed by atoms with E-state index in [1.807, 2.05) is 45.2 Å². The van der Waals surface area contributed by atoms with Crippen LogP contribution < -0.4 is 5.32 Å². The molecule has 0 unspecified atom stereocenters. The molecule has 0 bridgehead atoms. The molecule has 0 atom stereocenters. The predicted molar refractivity (Wildman–Crippen MR) is 93.0 cm³/mol. The van der Waals surface area contributed by atoms with Gasteiger partial charge in [-0.1, -0.05) is 6.08 Å². The van der Waals surface area contributed by atoms with Crippen LogP contribution in [0.5, 0.6) is 0 Å². The molecule has 2 N–H and O–H groups in total. The zero-order valence-corrected chi connectivity index (χ0v) is 15.1. The summed E-state index contributed by atoms with van der Waals surface area (Å²) in [6.45, 7) is 9.78. The summed E-state index contributed by atoms with van der Waals surface area (Å²) in [5.74, 6) is -0.111. The highest BCUT2D eigenvalue weighted by molar-refractivity contribution is 7.10. The van der Waals surface area contributed by atoms with E-state index in [1.54, 1.807) is 0 Å². The SMILES string of the molecule is CC(=O)NCC(=Cc1ccsc1CO)B1OC(C)(C)C(C)(C)O1. The van der Waals surface area contributed by atoms with Crippen LogP contribution in [0.3, 0.4) is 0 Å². The van der Waals surface area contributed by atoms with Crippen molar-refractivity contribution in [1.82, 2.24) is 5.32 Å². The summed E-state index contributed by atoms with van der Waals surface area (Å²) in [5, 5.41) is 14.1. The maximum absolute atomic E-state index is 11.3. The van der Waals surface area contributed by atoms with Crippen molar-refractivity contribution < 1.29 is 19.2 Å². The average Bonchev–Trinajstić information content (AvgIpc) is 2.96. The normalized spacial score (nSPS) is 19.9. The Morgan fingerprint density at radius 3 is 2.48 bits per heavy atom. The highest BCUT2D eigenvalue weighted by Gasteiger charge is 2.52. The number of aliphatic hydroxyl groups excluding tert-OH is 1. The fraction of sp³-hybridized carbons (Fsp3) is 0.562. The van der Waals surface area contributed by atoms with E-state index in [2.05, 4.69) is 5.32 Å². The van der Waals surface area contributed by atoms with Gasteiger partial charge >= 0.3 is 7.12 Å². The lowest BCUT2D eigenvalue weighted by atomic mass is 9.77. The molecule has 0 spiro atoms. The van der Waals surface area contributed by atoms with Gasteiger partial charge in [0.1, 0.15) is 0 Å². The van der Waals surface area contributed by atoms with Crippen LogP contribution in [0, 0.1) is 0 Å². The molecule has 1 aliphatic heterocycles. The van der Waals surface area contributed by atoms with Gasteiger partial charge in [-0.3, -0.25) is 4.79 Å². The lowest BCUT2D eigenvalue weighted by molar-refractivity contribution is -0.118. The topological polar surface area (TPSA) is 67.8 Å². The Morgan fingerprint density at radius 1 is 1.35 bits per heavy atom. The fourth-order valence-electron chi connectivity index (χ4n) is 2.23. The number of hydrogen-bond acceptors (Lipinski definition) is 5. The first-order chi connectivity index (χ1) is 10.7. The molecule has 1 aromatic heterocycles. The van der Waals surface area contributed by atoms with Crippen LogP contribution in [0.25, 0.3) is 6.08 Å². The monoisotopic (exact) mass is 337 g/mol. The van der Waals surface area contributed by atoms with Gasteiger partial charge in [0.25, 0.3) is 0 Å². The molecule has 1 amide bonds. The van der Waals surface area contributed by atoms with Gasteiger partial charge in [0.2, 0.25) is 5.91 Å². The summed E-state index contributed by atoms with van der Waals surface area (Å²) in [5.41, 5.74) is 0.864. The van der Waals surface area contributed by atoms with Gasteiger partial charge in [-0.2, -0.15) is 0 Å². The number of nitrogens with one attached hydrogen (secondary N) is 1. The first-order valence-electron chi connectivity index (χ1n) is 7.64. The van der Waals surface area contributed by atoms with Gasteiger partial charge in [-0.05, 0) is 50.2 Å². The molecule has 1 fully saturated rings. The van der Waals surface area contributed by atoms with Crippen LogP contribution in [-0.2, 0) is 20.7 Å². The number of rotatable bonds is 5. The molecule has 5 nitrogen and oxygen atoms in total. The first kappa shape index (κ1) is 18.2. The molecule has 23 heavy (non-hydrogen) atoms. The van der Waals surface area contributed by atoms with Gasteiger partial charge in [0.15, 0.2) is 0 Å². The molecule has 0 aliphatic carbocycles. The zero-order valence-electron chi connectivity index (χ0n) is 14.3. The maximum atomic E-state index is 11.3. The molecule has 2 heterocycles. The molecular weight excluding hydrogens is 313 g/mol. The number of thiophene rings is 1. The molecule has 126 valence electrons. The largest absolute Gasteiger partial charge is 0.492 e. The summed E-state index contributed by atoms with van der Waals surface area (Å²) in [6.07, 6.45) is 1.93. The van der Waals surface area contributed by atoms with E-state index >= 15 is 0 Å². The Bertz CT molecular complexity index is 593. The summed E-state index contributed by atoms with van der Waals surface area (Å²) < 4.78 is 12.2. The van der Waals surface area contributed by atoms with Crippen molar-refractivity contribution in [2.24, 2.45) is 0 Å². The van der Waals surface area contributed by atoms with Crippen LogP contribution in [0.2, 0.25) is 0 Å². The Kier molecular flexibility index (Phi) is 5.35. The molecule has 0 saturated carbocycles. The Balaban J connectivity index is 2.30. The number of amides is 1. The second-order valence-corrected chi connectivity index (χ2v) is 7.68. The van der Waals surface area contributed by atoms with E-state index in [0.717, 1.165) is 15.9 Å². The van der Waals surface area contributed by atoms with Crippen molar-refractivity contribution in [3.8, 4) is 0 Å². The molecule has 0 radical (unpaired) electrons. The van der Waals surface area contributed by atoms with E-state index in [-0.39, 0.29) is 12.5 Å². The van der Waals surface area contributed by atoms with Crippen LogP contribution in [0.15, 0.2) is 16.9 Å². The Hall–Kier alpha value is -1.15. The van der Waals surface area contributed by atoms with Crippen molar-refractivity contribution >= 4 is 30.4 Å². The van der Waals surface area contributed by atoms with Gasteiger partial charge in [0, 0.05) is 18.3 Å².